The van der Waals surface area contributed by atoms with Crippen LogP contribution in [0.15, 0.2) is 315 Å². The molecule has 0 N–H and O–H groups in total. The first-order valence-corrected chi connectivity index (χ1v) is 29.6. The van der Waals surface area contributed by atoms with Gasteiger partial charge in [0.15, 0.2) is 11.6 Å². The van der Waals surface area contributed by atoms with Crippen molar-refractivity contribution >= 4 is 65.4 Å². The largest absolute Gasteiger partial charge is 0.309 e. The van der Waals surface area contributed by atoms with E-state index in [9.17, 15) is 0 Å². The van der Waals surface area contributed by atoms with Crippen molar-refractivity contribution in [1.82, 2.24) is 28.7 Å². The summed E-state index contributed by atoms with van der Waals surface area (Å²) in [6.07, 6.45) is 0. The monoisotopic (exact) mass is 1110 g/mol. The van der Waals surface area contributed by atoms with Gasteiger partial charge in [0.1, 0.15) is 0 Å². The van der Waals surface area contributed by atoms with E-state index in [2.05, 4.69) is 329 Å². The van der Waals surface area contributed by atoms with Gasteiger partial charge in [-0.25, -0.2) is 4.98 Å². The van der Waals surface area contributed by atoms with Crippen molar-refractivity contribution in [3.63, 3.8) is 0 Å². The second-order valence-electron chi connectivity index (χ2n) is 22.3. The average Bonchev–Trinajstić information content (AvgIpc) is 1.88. The standard InChI is InChI=1S/C81H52N6/c1-3-21-53(22-4-1)57-25-19-26-58(49-57)60-46-48-78(86-73-37-15-9-31-65(73)66-32-10-16-38-74(66)86)70(52-60)61-27-20-28-62(50-61)80-82-79(83-81(84-80)87-75-39-17-11-33-67(75)68-34-12-18-40-76(68)87)56-43-41-55(42-44-56)69-51-59(54-23-5-2-6-24-54)45-47-77(69)85-71-35-13-7-29-63(71)64-30-8-14-36-72(64)85/h1-52H. The van der Waals surface area contributed by atoms with Crippen LogP contribution in [0.5, 0.6) is 0 Å². The highest BCUT2D eigenvalue weighted by molar-refractivity contribution is 6.12. The van der Waals surface area contributed by atoms with Crippen LogP contribution in [0, 0.1) is 0 Å². The van der Waals surface area contributed by atoms with Gasteiger partial charge in [0.25, 0.3) is 0 Å². The van der Waals surface area contributed by atoms with Crippen molar-refractivity contribution in [3.05, 3.63) is 315 Å². The zero-order valence-electron chi connectivity index (χ0n) is 47.2. The maximum atomic E-state index is 5.49. The first kappa shape index (κ1) is 49.8. The summed E-state index contributed by atoms with van der Waals surface area (Å²) < 4.78 is 7.03. The number of fused-ring (bicyclic) bond motifs is 9. The number of aromatic nitrogens is 6. The van der Waals surface area contributed by atoms with Gasteiger partial charge in [-0.3, -0.25) is 4.57 Å². The van der Waals surface area contributed by atoms with Crippen molar-refractivity contribution in [2.24, 2.45) is 0 Å². The Balaban J connectivity index is 0.851. The summed E-state index contributed by atoms with van der Waals surface area (Å²) in [4.78, 5) is 16.4. The quantitative estimate of drug-likeness (QED) is 0.137. The molecule has 0 radical (unpaired) electrons. The number of hydrogen-bond donors (Lipinski definition) is 0. The van der Waals surface area contributed by atoms with Crippen LogP contribution < -0.4 is 0 Å². The molecule has 0 aliphatic carbocycles. The molecule has 6 nitrogen and oxygen atoms in total. The molecule has 0 aliphatic heterocycles. The second-order valence-corrected chi connectivity index (χ2v) is 22.3. The van der Waals surface area contributed by atoms with E-state index in [1.165, 1.54) is 32.7 Å². The Kier molecular flexibility index (Phi) is 11.8. The molecule has 0 amide bonds. The average molecular weight is 1110 g/mol. The van der Waals surface area contributed by atoms with Gasteiger partial charge in [-0.1, -0.05) is 243 Å². The fourth-order valence-electron chi connectivity index (χ4n) is 13.3. The number of nitrogens with zero attached hydrogens (tertiary/aromatic N) is 6. The van der Waals surface area contributed by atoms with Gasteiger partial charge < -0.3 is 9.13 Å². The molecule has 17 aromatic rings. The van der Waals surface area contributed by atoms with Gasteiger partial charge in [0.05, 0.1) is 44.5 Å². The van der Waals surface area contributed by atoms with Crippen LogP contribution in [0.2, 0.25) is 0 Å². The third-order valence-electron chi connectivity index (χ3n) is 17.3. The zero-order chi connectivity index (χ0) is 57.4. The lowest BCUT2D eigenvalue weighted by Crippen LogP contribution is -2.06. The fourth-order valence-corrected chi connectivity index (χ4v) is 13.3. The highest BCUT2D eigenvalue weighted by Gasteiger charge is 2.22. The minimum atomic E-state index is 0.539. The van der Waals surface area contributed by atoms with Crippen LogP contribution >= 0.6 is 0 Å². The van der Waals surface area contributed by atoms with E-state index in [1.54, 1.807) is 0 Å². The molecular weight excluding hydrogens is 1060 g/mol. The number of benzene rings is 13. The lowest BCUT2D eigenvalue weighted by atomic mass is 9.94. The minimum absolute atomic E-state index is 0.539. The normalized spacial score (nSPS) is 11.7. The molecule has 0 aliphatic rings. The van der Waals surface area contributed by atoms with Crippen LogP contribution in [0.1, 0.15) is 0 Å². The lowest BCUT2D eigenvalue weighted by molar-refractivity contribution is 0.953. The molecule has 87 heavy (non-hydrogen) atoms. The summed E-state index contributed by atoms with van der Waals surface area (Å²) in [5, 5.41) is 7.12. The lowest BCUT2D eigenvalue weighted by Gasteiger charge is -2.17. The van der Waals surface area contributed by atoms with Crippen molar-refractivity contribution < 1.29 is 0 Å². The summed E-state index contributed by atoms with van der Waals surface area (Å²) in [5.41, 5.74) is 21.8. The van der Waals surface area contributed by atoms with Crippen molar-refractivity contribution in [2.45, 2.75) is 0 Å². The van der Waals surface area contributed by atoms with Crippen molar-refractivity contribution in [1.29, 1.82) is 0 Å². The summed E-state index contributed by atoms with van der Waals surface area (Å²) in [7, 11) is 0. The Hall–Kier alpha value is -11.7. The Bertz CT molecular complexity index is 5360. The van der Waals surface area contributed by atoms with E-state index in [4.69, 9.17) is 15.0 Å². The van der Waals surface area contributed by atoms with Gasteiger partial charge >= 0.3 is 0 Å². The van der Waals surface area contributed by atoms with Crippen LogP contribution in [-0.2, 0) is 0 Å². The molecule has 0 fully saturated rings. The predicted molar refractivity (Wildman–Crippen MR) is 361 cm³/mol. The Morgan fingerprint density at radius 3 is 0.943 bits per heavy atom. The zero-order valence-corrected chi connectivity index (χ0v) is 47.2. The SMILES string of the molecule is c1ccc(-c2cccc(-c3ccc(-n4c5ccccc5c5ccccc54)c(-c4cccc(-c5nc(-c6ccc(-c7cc(-c8ccccc8)ccc7-n7c8ccccc8c8ccccc87)cc6)nc(-n6c7ccccc7c7ccccc76)n5)c4)c3)c2)cc1. The molecule has 6 heteroatoms. The van der Waals surface area contributed by atoms with Crippen LogP contribution in [0.3, 0.4) is 0 Å². The first-order chi connectivity index (χ1) is 43.1. The van der Waals surface area contributed by atoms with Crippen LogP contribution in [0.4, 0.5) is 0 Å². The molecule has 0 unspecified atom stereocenters. The molecule has 4 aromatic heterocycles. The third-order valence-corrected chi connectivity index (χ3v) is 17.3. The summed E-state index contributed by atoms with van der Waals surface area (Å²) in [6, 6.07) is 113. The van der Waals surface area contributed by atoms with Gasteiger partial charge in [-0.05, 0) is 117 Å². The fraction of sp³-hybridized carbons (Fsp3) is 0. The molecule has 17 rings (SSSR count). The molecule has 13 aromatic carbocycles. The van der Waals surface area contributed by atoms with Crippen molar-refractivity contribution in [3.8, 4) is 95.7 Å². The predicted octanol–water partition coefficient (Wildman–Crippen LogP) is 20.8. The molecule has 0 bridgehead atoms. The summed E-state index contributed by atoms with van der Waals surface area (Å²) in [5.74, 6) is 1.68. The number of rotatable bonds is 10. The topological polar surface area (TPSA) is 53.5 Å². The molecule has 0 saturated carbocycles. The highest BCUT2D eigenvalue weighted by Crippen LogP contribution is 2.42. The van der Waals surface area contributed by atoms with E-state index in [0.717, 1.165) is 111 Å². The van der Waals surface area contributed by atoms with Crippen LogP contribution in [0.25, 0.3) is 161 Å². The highest BCUT2D eigenvalue weighted by atomic mass is 15.2. The maximum absolute atomic E-state index is 5.49. The maximum Gasteiger partial charge on any atom is 0.238 e. The van der Waals surface area contributed by atoms with Crippen molar-refractivity contribution in [2.75, 3.05) is 0 Å². The Labute approximate surface area is 502 Å². The molecule has 406 valence electrons. The van der Waals surface area contributed by atoms with Gasteiger partial charge in [-0.2, -0.15) is 9.97 Å². The van der Waals surface area contributed by atoms with Gasteiger partial charge in [0.2, 0.25) is 5.95 Å². The van der Waals surface area contributed by atoms with E-state index in [-0.39, 0.29) is 0 Å². The summed E-state index contributed by atoms with van der Waals surface area (Å²) >= 11 is 0. The molecule has 0 atom stereocenters. The van der Waals surface area contributed by atoms with E-state index < -0.39 is 0 Å². The Morgan fingerprint density at radius 2 is 0.483 bits per heavy atom. The molecular formula is C81H52N6. The third kappa shape index (κ3) is 8.45. The van der Waals surface area contributed by atoms with Gasteiger partial charge in [0, 0.05) is 54.6 Å². The number of hydrogen-bond acceptors (Lipinski definition) is 3. The second kappa shape index (κ2) is 20.6. The van der Waals surface area contributed by atoms with E-state index in [0.29, 0.717) is 17.6 Å². The minimum Gasteiger partial charge on any atom is -0.309 e. The molecule has 0 spiro atoms. The van der Waals surface area contributed by atoms with E-state index >= 15 is 0 Å². The van der Waals surface area contributed by atoms with Gasteiger partial charge in [-0.15, -0.1) is 0 Å². The van der Waals surface area contributed by atoms with E-state index in [1.807, 2.05) is 0 Å². The first-order valence-electron chi connectivity index (χ1n) is 29.6. The number of para-hydroxylation sites is 6. The van der Waals surface area contributed by atoms with Crippen LogP contribution in [-0.4, -0.2) is 28.7 Å². The molecule has 4 heterocycles. The summed E-state index contributed by atoms with van der Waals surface area (Å²) in [6.45, 7) is 0. The smallest absolute Gasteiger partial charge is 0.238 e. The molecule has 0 saturated heterocycles. The Morgan fingerprint density at radius 1 is 0.184 bits per heavy atom.